The largest absolute Gasteiger partial charge is 0.298 e. The molecule has 0 aliphatic carbocycles. The second-order valence-electron chi connectivity index (χ2n) is 2.63. The van der Waals surface area contributed by atoms with Gasteiger partial charge in [-0.2, -0.15) is 0 Å². The summed E-state index contributed by atoms with van der Waals surface area (Å²) in [5, 5.41) is 0. The summed E-state index contributed by atoms with van der Waals surface area (Å²) in [5.41, 5.74) is 0.254. The Bertz CT molecular complexity index is 337. The number of aldehydes is 1. The van der Waals surface area contributed by atoms with E-state index in [1.54, 1.807) is 6.92 Å². The quantitative estimate of drug-likeness (QED) is 0.465. The molecule has 0 saturated carbocycles. The molecule has 1 atom stereocenters. The maximum atomic E-state index is 13.1. The molecule has 0 radical (unpaired) electrons. The van der Waals surface area contributed by atoms with Gasteiger partial charge >= 0.3 is 0 Å². The van der Waals surface area contributed by atoms with Crippen LogP contribution in [-0.4, -0.2) is 6.29 Å². The van der Waals surface area contributed by atoms with Crippen molar-refractivity contribution >= 4 is 28.9 Å². The fourth-order valence-electron chi connectivity index (χ4n) is 0.978. The van der Waals surface area contributed by atoms with Crippen molar-refractivity contribution in [1.29, 1.82) is 0 Å². The summed E-state index contributed by atoms with van der Waals surface area (Å²) in [4.78, 5) is 10.3. The third-order valence-electron chi connectivity index (χ3n) is 1.67. The van der Waals surface area contributed by atoms with Crippen LogP contribution in [0.5, 0.6) is 0 Å². The maximum absolute atomic E-state index is 13.1. The van der Waals surface area contributed by atoms with Crippen molar-refractivity contribution in [2.45, 2.75) is 10.8 Å². The van der Waals surface area contributed by atoms with Gasteiger partial charge in [-0.25, -0.2) is 8.78 Å². The van der Waals surface area contributed by atoms with Crippen molar-refractivity contribution in [3.63, 3.8) is 0 Å². The summed E-state index contributed by atoms with van der Waals surface area (Å²) in [6.45, 7) is 1.77. The van der Waals surface area contributed by atoms with Crippen LogP contribution in [-0.2, 0) is 0 Å². The summed E-state index contributed by atoms with van der Waals surface area (Å²) >= 11 is 2.00. The summed E-state index contributed by atoms with van der Waals surface area (Å²) in [6.07, 6.45) is 0.386. The van der Waals surface area contributed by atoms with Crippen molar-refractivity contribution in [3.05, 3.63) is 34.9 Å². The molecule has 0 amide bonds. The van der Waals surface area contributed by atoms with Crippen LogP contribution in [0.3, 0.4) is 0 Å². The van der Waals surface area contributed by atoms with E-state index in [9.17, 15) is 13.6 Å². The molecule has 0 aliphatic rings. The molecule has 0 spiro atoms. The Hall–Kier alpha value is -0.520. The van der Waals surface area contributed by atoms with Crippen molar-refractivity contribution in [2.75, 3.05) is 0 Å². The van der Waals surface area contributed by atoms with Gasteiger partial charge in [-0.05, 0) is 13.0 Å². The van der Waals surface area contributed by atoms with E-state index in [-0.39, 0.29) is 9.49 Å². The minimum Gasteiger partial charge on any atom is -0.298 e. The van der Waals surface area contributed by atoms with Crippen molar-refractivity contribution < 1.29 is 13.6 Å². The van der Waals surface area contributed by atoms with Gasteiger partial charge in [0.1, 0.15) is 11.6 Å². The number of carbonyl (C=O) groups is 1. The average molecular weight is 296 g/mol. The number of halogens is 3. The summed E-state index contributed by atoms with van der Waals surface area (Å²) < 4.78 is 25.8. The van der Waals surface area contributed by atoms with Crippen LogP contribution < -0.4 is 0 Å². The highest BCUT2D eigenvalue weighted by molar-refractivity contribution is 14.1. The van der Waals surface area contributed by atoms with Gasteiger partial charge in [-0.15, -0.1) is 0 Å². The molecule has 1 unspecified atom stereocenters. The molecule has 1 nitrogen and oxygen atoms in total. The number of hydrogen-bond acceptors (Lipinski definition) is 1. The lowest BCUT2D eigenvalue weighted by molar-refractivity contribution is 0.111. The van der Waals surface area contributed by atoms with Gasteiger partial charge in [-0.3, -0.25) is 4.79 Å². The first-order valence-corrected chi connectivity index (χ1v) is 4.89. The first-order valence-electron chi connectivity index (χ1n) is 3.64. The molecular weight excluding hydrogens is 289 g/mol. The Labute approximate surface area is 88.3 Å². The first-order chi connectivity index (χ1) is 6.06. The van der Waals surface area contributed by atoms with Gasteiger partial charge in [0.25, 0.3) is 0 Å². The predicted molar refractivity (Wildman–Crippen MR) is 54.2 cm³/mol. The van der Waals surface area contributed by atoms with E-state index >= 15 is 0 Å². The first kappa shape index (κ1) is 10.6. The molecule has 0 fully saturated rings. The molecule has 1 aromatic rings. The molecule has 0 heterocycles. The number of carbonyl (C=O) groups excluding carboxylic acids is 1. The second kappa shape index (κ2) is 4.13. The van der Waals surface area contributed by atoms with Gasteiger partial charge in [-0.1, -0.05) is 22.6 Å². The van der Waals surface area contributed by atoms with Gasteiger partial charge < -0.3 is 0 Å². The number of hydrogen-bond donors (Lipinski definition) is 0. The Morgan fingerprint density at radius 1 is 1.38 bits per heavy atom. The van der Waals surface area contributed by atoms with Crippen molar-refractivity contribution in [2.24, 2.45) is 0 Å². The van der Waals surface area contributed by atoms with Crippen LogP contribution in [0.2, 0.25) is 0 Å². The molecule has 1 aromatic carbocycles. The van der Waals surface area contributed by atoms with Crippen LogP contribution in [0.25, 0.3) is 0 Å². The Morgan fingerprint density at radius 2 is 2.00 bits per heavy atom. The molecule has 0 aromatic heterocycles. The van der Waals surface area contributed by atoms with Crippen LogP contribution in [0.15, 0.2) is 12.1 Å². The smallest absolute Gasteiger partial charge is 0.153 e. The van der Waals surface area contributed by atoms with E-state index in [4.69, 9.17) is 0 Å². The fraction of sp³-hybridized carbons (Fsp3) is 0.222. The average Bonchev–Trinajstić information content (AvgIpc) is 2.03. The van der Waals surface area contributed by atoms with E-state index in [0.717, 1.165) is 6.07 Å². The zero-order valence-electron chi connectivity index (χ0n) is 6.85. The van der Waals surface area contributed by atoms with Crippen molar-refractivity contribution in [1.82, 2.24) is 0 Å². The molecule has 70 valence electrons. The summed E-state index contributed by atoms with van der Waals surface area (Å²) in [6, 6.07) is 1.99. The molecule has 0 aliphatic heterocycles. The van der Waals surface area contributed by atoms with Gasteiger partial charge in [0.2, 0.25) is 0 Å². The highest BCUT2D eigenvalue weighted by Gasteiger charge is 2.12. The zero-order chi connectivity index (χ0) is 10.0. The maximum Gasteiger partial charge on any atom is 0.153 e. The summed E-state index contributed by atoms with van der Waals surface area (Å²) in [7, 11) is 0. The molecule has 0 saturated heterocycles. The normalized spacial score (nSPS) is 12.6. The minimum absolute atomic E-state index is 0.0862. The number of benzene rings is 1. The lowest BCUT2D eigenvalue weighted by Crippen LogP contribution is -1.96. The molecule has 0 N–H and O–H groups in total. The Morgan fingerprint density at radius 3 is 2.46 bits per heavy atom. The van der Waals surface area contributed by atoms with E-state index in [1.807, 2.05) is 22.6 Å². The summed E-state index contributed by atoms with van der Waals surface area (Å²) in [5.74, 6) is -1.42. The molecule has 0 bridgehead atoms. The van der Waals surface area contributed by atoms with Crippen LogP contribution in [0.1, 0.15) is 26.8 Å². The lowest BCUT2D eigenvalue weighted by atomic mass is 10.1. The van der Waals surface area contributed by atoms with E-state index in [1.165, 1.54) is 6.07 Å². The molecule has 13 heavy (non-hydrogen) atoms. The van der Waals surface area contributed by atoms with Crippen LogP contribution in [0.4, 0.5) is 8.78 Å². The van der Waals surface area contributed by atoms with Gasteiger partial charge in [0.05, 0.1) is 5.56 Å². The van der Waals surface area contributed by atoms with Crippen LogP contribution >= 0.6 is 22.6 Å². The molecular formula is C9H7F2IO. The standard InChI is InChI=1S/C9H7F2IO/c1-5(12)7-2-6(4-13)8(10)3-9(7)11/h2-5H,1H3. The lowest BCUT2D eigenvalue weighted by Gasteiger charge is -2.06. The Balaban J connectivity index is 3.30. The van der Waals surface area contributed by atoms with Gasteiger partial charge in [0, 0.05) is 15.6 Å². The van der Waals surface area contributed by atoms with Crippen LogP contribution in [0, 0.1) is 11.6 Å². The Kier molecular flexibility index (Phi) is 3.35. The third kappa shape index (κ3) is 2.24. The topological polar surface area (TPSA) is 17.1 Å². The number of rotatable bonds is 2. The predicted octanol–water partition coefficient (Wildman–Crippen LogP) is 3.27. The van der Waals surface area contributed by atoms with E-state index in [0.29, 0.717) is 11.8 Å². The van der Waals surface area contributed by atoms with Crippen molar-refractivity contribution in [3.8, 4) is 0 Å². The second-order valence-corrected chi connectivity index (χ2v) is 4.50. The highest BCUT2D eigenvalue weighted by Crippen LogP contribution is 2.26. The van der Waals surface area contributed by atoms with Gasteiger partial charge in [0.15, 0.2) is 6.29 Å². The zero-order valence-corrected chi connectivity index (χ0v) is 9.01. The monoisotopic (exact) mass is 296 g/mol. The minimum atomic E-state index is -0.812. The fourth-order valence-corrected chi connectivity index (χ4v) is 1.46. The van der Waals surface area contributed by atoms with E-state index in [2.05, 4.69) is 0 Å². The highest BCUT2D eigenvalue weighted by atomic mass is 127. The molecule has 1 rings (SSSR count). The van der Waals surface area contributed by atoms with E-state index < -0.39 is 11.6 Å². The molecule has 4 heteroatoms. The SMILES string of the molecule is CC(I)c1cc(C=O)c(F)cc1F. The number of alkyl halides is 1. The third-order valence-corrected chi connectivity index (χ3v) is 2.34.